The zero-order valence-corrected chi connectivity index (χ0v) is 14.4. The number of anilines is 1. The highest BCUT2D eigenvalue weighted by atomic mass is 16.2. The fraction of sp³-hybridized carbons (Fsp3) is 0.316. The third-order valence-electron chi connectivity index (χ3n) is 4.78. The van der Waals surface area contributed by atoms with Crippen LogP contribution in [0.5, 0.6) is 0 Å². The van der Waals surface area contributed by atoms with Crippen molar-refractivity contribution in [2.24, 2.45) is 0 Å². The number of carbonyl (C=O) groups is 1. The number of benzene rings is 1. The average Bonchev–Trinajstić information content (AvgIpc) is 3.23. The molecule has 1 fully saturated rings. The third kappa shape index (κ3) is 2.95. The van der Waals surface area contributed by atoms with Gasteiger partial charge in [0.25, 0.3) is 5.91 Å². The number of rotatable bonds is 3. The van der Waals surface area contributed by atoms with E-state index in [-0.39, 0.29) is 11.9 Å². The van der Waals surface area contributed by atoms with Gasteiger partial charge in [0.2, 0.25) is 0 Å². The first-order valence-corrected chi connectivity index (χ1v) is 8.54. The summed E-state index contributed by atoms with van der Waals surface area (Å²) in [5.74, 6) is 0.926. The maximum absolute atomic E-state index is 12.9. The first-order chi connectivity index (χ1) is 12.1. The van der Waals surface area contributed by atoms with Gasteiger partial charge in [-0.3, -0.25) is 4.79 Å². The van der Waals surface area contributed by atoms with Crippen LogP contribution < -0.4 is 5.32 Å². The van der Waals surface area contributed by atoms with Crippen molar-refractivity contribution >= 4 is 17.4 Å². The standard InChI is InChI=1S/C19H21N5O/c1-13-4-3-5-14(2)18(13)19(25)23-10-8-15(12-23)21-16-6-7-17-20-9-11-24(17)22-16/h3-7,9,11,15H,8,10,12H2,1-2H3,(H,21,22)/t15-/m0/s1. The molecule has 1 aliphatic heterocycles. The van der Waals surface area contributed by atoms with Crippen molar-refractivity contribution in [1.29, 1.82) is 0 Å². The number of aromatic nitrogens is 3. The second kappa shape index (κ2) is 6.20. The summed E-state index contributed by atoms with van der Waals surface area (Å²) < 4.78 is 1.75. The summed E-state index contributed by atoms with van der Waals surface area (Å²) in [6, 6.07) is 10.1. The van der Waals surface area contributed by atoms with E-state index in [2.05, 4.69) is 15.4 Å². The Morgan fingerprint density at radius 1 is 1.20 bits per heavy atom. The van der Waals surface area contributed by atoms with Crippen LogP contribution in [-0.2, 0) is 0 Å². The average molecular weight is 335 g/mol. The Kier molecular flexibility index (Phi) is 3.87. The second-order valence-corrected chi connectivity index (χ2v) is 6.60. The van der Waals surface area contributed by atoms with Crippen LogP contribution in [0.15, 0.2) is 42.7 Å². The highest BCUT2D eigenvalue weighted by molar-refractivity contribution is 5.97. The third-order valence-corrected chi connectivity index (χ3v) is 4.78. The molecule has 1 atom stereocenters. The van der Waals surface area contributed by atoms with Gasteiger partial charge in [-0.2, -0.15) is 0 Å². The summed E-state index contributed by atoms with van der Waals surface area (Å²) in [6.07, 6.45) is 4.47. The number of amides is 1. The minimum Gasteiger partial charge on any atom is -0.364 e. The smallest absolute Gasteiger partial charge is 0.254 e. The normalized spacial score (nSPS) is 17.2. The molecule has 1 amide bonds. The summed E-state index contributed by atoms with van der Waals surface area (Å²) >= 11 is 0. The number of fused-ring (bicyclic) bond motifs is 1. The molecule has 3 heterocycles. The number of likely N-dealkylation sites (tertiary alicyclic amines) is 1. The van der Waals surface area contributed by atoms with Crippen LogP contribution >= 0.6 is 0 Å². The molecule has 1 N–H and O–H groups in total. The van der Waals surface area contributed by atoms with Gasteiger partial charge in [0.15, 0.2) is 5.65 Å². The number of hydrogen-bond donors (Lipinski definition) is 1. The molecule has 6 heteroatoms. The summed E-state index contributed by atoms with van der Waals surface area (Å²) in [7, 11) is 0. The molecule has 0 saturated carbocycles. The number of nitrogens with zero attached hydrogens (tertiary/aromatic N) is 4. The van der Waals surface area contributed by atoms with Gasteiger partial charge >= 0.3 is 0 Å². The van der Waals surface area contributed by atoms with Crippen LogP contribution in [0.4, 0.5) is 5.82 Å². The van der Waals surface area contributed by atoms with Crippen LogP contribution in [-0.4, -0.2) is 44.5 Å². The van der Waals surface area contributed by atoms with Gasteiger partial charge in [-0.05, 0) is 43.5 Å². The molecule has 1 aromatic carbocycles. The monoisotopic (exact) mass is 335 g/mol. The molecule has 6 nitrogen and oxygen atoms in total. The van der Waals surface area contributed by atoms with Gasteiger partial charge < -0.3 is 10.2 Å². The van der Waals surface area contributed by atoms with Crippen molar-refractivity contribution in [2.45, 2.75) is 26.3 Å². The van der Waals surface area contributed by atoms with Crippen molar-refractivity contribution in [3.63, 3.8) is 0 Å². The Balaban J connectivity index is 1.46. The van der Waals surface area contributed by atoms with Crippen molar-refractivity contribution in [1.82, 2.24) is 19.5 Å². The molecule has 0 aliphatic carbocycles. The van der Waals surface area contributed by atoms with Crippen LogP contribution in [0.2, 0.25) is 0 Å². The SMILES string of the molecule is Cc1cccc(C)c1C(=O)N1CC[C@H](Nc2ccc3nccn3n2)C1. The first-order valence-electron chi connectivity index (χ1n) is 8.54. The molecule has 25 heavy (non-hydrogen) atoms. The van der Waals surface area contributed by atoms with Gasteiger partial charge in [-0.15, -0.1) is 5.10 Å². The molecule has 128 valence electrons. The van der Waals surface area contributed by atoms with Crippen LogP contribution in [0, 0.1) is 13.8 Å². The summed E-state index contributed by atoms with van der Waals surface area (Å²) in [6.45, 7) is 5.44. The minimum absolute atomic E-state index is 0.123. The molecule has 1 saturated heterocycles. The van der Waals surface area contributed by atoms with Gasteiger partial charge in [0.1, 0.15) is 5.82 Å². The van der Waals surface area contributed by atoms with Crippen LogP contribution in [0.25, 0.3) is 5.65 Å². The Hall–Kier alpha value is -2.89. The number of carbonyl (C=O) groups excluding carboxylic acids is 1. The maximum atomic E-state index is 12.9. The van der Waals surface area contributed by atoms with E-state index in [1.54, 1.807) is 10.7 Å². The predicted molar refractivity (Wildman–Crippen MR) is 96.8 cm³/mol. The molecule has 0 bridgehead atoms. The zero-order chi connectivity index (χ0) is 17.4. The quantitative estimate of drug-likeness (QED) is 0.799. The largest absolute Gasteiger partial charge is 0.364 e. The summed E-state index contributed by atoms with van der Waals surface area (Å²) in [4.78, 5) is 19.0. The fourth-order valence-electron chi connectivity index (χ4n) is 3.47. The Bertz CT molecular complexity index is 912. The zero-order valence-electron chi connectivity index (χ0n) is 14.4. The van der Waals surface area contributed by atoms with E-state index in [9.17, 15) is 4.79 Å². The molecule has 1 aliphatic rings. The first kappa shape index (κ1) is 15.6. The molecule has 0 unspecified atom stereocenters. The second-order valence-electron chi connectivity index (χ2n) is 6.60. The number of aryl methyl sites for hydroxylation is 2. The number of imidazole rings is 1. The van der Waals surface area contributed by atoms with Crippen LogP contribution in [0.3, 0.4) is 0 Å². The minimum atomic E-state index is 0.123. The summed E-state index contributed by atoms with van der Waals surface area (Å²) in [5.41, 5.74) is 3.73. The van der Waals surface area contributed by atoms with E-state index in [4.69, 9.17) is 0 Å². The number of hydrogen-bond acceptors (Lipinski definition) is 4. The fourth-order valence-corrected chi connectivity index (χ4v) is 3.47. The molecule has 3 aromatic rings. The lowest BCUT2D eigenvalue weighted by molar-refractivity contribution is 0.0790. The van der Waals surface area contributed by atoms with E-state index < -0.39 is 0 Å². The van der Waals surface area contributed by atoms with Gasteiger partial charge in [0.05, 0.1) is 0 Å². The van der Waals surface area contributed by atoms with E-state index in [0.717, 1.165) is 41.1 Å². The van der Waals surface area contributed by atoms with Crippen molar-refractivity contribution in [3.05, 3.63) is 59.4 Å². The van der Waals surface area contributed by atoms with E-state index in [1.165, 1.54) is 0 Å². The van der Waals surface area contributed by atoms with Gasteiger partial charge in [0, 0.05) is 37.1 Å². The van der Waals surface area contributed by atoms with Gasteiger partial charge in [-0.1, -0.05) is 18.2 Å². The van der Waals surface area contributed by atoms with E-state index in [0.29, 0.717) is 6.54 Å². The summed E-state index contributed by atoms with van der Waals surface area (Å²) in [5, 5.41) is 7.93. The highest BCUT2D eigenvalue weighted by Gasteiger charge is 2.28. The highest BCUT2D eigenvalue weighted by Crippen LogP contribution is 2.21. The van der Waals surface area contributed by atoms with Crippen LogP contribution in [0.1, 0.15) is 27.9 Å². The Labute approximate surface area is 146 Å². The Morgan fingerprint density at radius 2 is 2.00 bits per heavy atom. The topological polar surface area (TPSA) is 62.5 Å². The van der Waals surface area contributed by atoms with Crippen molar-refractivity contribution in [2.75, 3.05) is 18.4 Å². The Morgan fingerprint density at radius 3 is 2.80 bits per heavy atom. The maximum Gasteiger partial charge on any atom is 0.254 e. The molecule has 2 aromatic heterocycles. The van der Waals surface area contributed by atoms with Gasteiger partial charge in [-0.25, -0.2) is 9.50 Å². The van der Waals surface area contributed by atoms with E-state index in [1.807, 2.05) is 55.3 Å². The lowest BCUT2D eigenvalue weighted by Gasteiger charge is -2.19. The molecule has 4 rings (SSSR count). The lowest BCUT2D eigenvalue weighted by Crippen LogP contribution is -2.32. The molecule has 0 radical (unpaired) electrons. The molecule has 0 spiro atoms. The van der Waals surface area contributed by atoms with Crippen molar-refractivity contribution < 1.29 is 4.79 Å². The predicted octanol–water partition coefficient (Wildman–Crippen LogP) is 2.67. The van der Waals surface area contributed by atoms with Crippen molar-refractivity contribution in [3.8, 4) is 0 Å². The number of nitrogens with one attached hydrogen (secondary N) is 1. The lowest BCUT2D eigenvalue weighted by atomic mass is 10.0. The van der Waals surface area contributed by atoms with E-state index >= 15 is 0 Å². The molecular weight excluding hydrogens is 314 g/mol. The molecular formula is C19H21N5O.